The van der Waals surface area contributed by atoms with Crippen LogP contribution in [0.5, 0.6) is 0 Å². The van der Waals surface area contributed by atoms with Gasteiger partial charge in [-0.2, -0.15) is 0 Å². The molecule has 0 N–H and O–H groups in total. The molecule has 3 aromatic rings. The van der Waals surface area contributed by atoms with Gasteiger partial charge in [0.2, 0.25) is 11.6 Å². The molecule has 0 aliphatic heterocycles. The number of hydrogen-bond acceptors (Lipinski definition) is 7. The molecule has 0 atom stereocenters. The van der Waals surface area contributed by atoms with Crippen molar-refractivity contribution in [3.8, 4) is 23.0 Å². The fourth-order valence-corrected chi connectivity index (χ4v) is 2.30. The smallest absolute Gasteiger partial charge is 1.00 e. The van der Waals surface area contributed by atoms with Gasteiger partial charge >= 0.3 is 28.4 Å². The van der Waals surface area contributed by atoms with Crippen molar-refractivity contribution in [2.75, 3.05) is 0 Å². The molecule has 11 nitrogen and oxygen atoms in total. The molecule has 0 aliphatic rings. The molecule has 3 aromatic heterocycles. The van der Waals surface area contributed by atoms with Crippen LogP contribution in [0.15, 0.2) is 30.6 Å². The predicted molar refractivity (Wildman–Crippen MR) is 81.9 cm³/mol. The van der Waals surface area contributed by atoms with Crippen LogP contribution in [0.3, 0.4) is 0 Å². The Morgan fingerprint density at radius 1 is 0.852 bits per heavy atom. The number of rotatable bonds is 4. The van der Waals surface area contributed by atoms with Crippen LogP contribution in [0.4, 0.5) is 11.6 Å². The second kappa shape index (κ2) is 9.41. The van der Waals surface area contributed by atoms with Crippen molar-refractivity contribution in [3.63, 3.8) is 0 Å². The Morgan fingerprint density at radius 3 is 1.52 bits per heavy atom. The predicted octanol–water partition coefficient (Wildman–Crippen LogP) is -4.30. The van der Waals surface area contributed by atoms with E-state index in [1.54, 1.807) is 18.2 Å². The Hall–Kier alpha value is -2.54. The van der Waals surface area contributed by atoms with Gasteiger partial charge in [0.05, 0.1) is 14.1 Å². The van der Waals surface area contributed by atoms with Crippen LogP contribution in [-0.4, -0.2) is 33.9 Å². The first kappa shape index (κ1) is 24.5. The molecule has 0 saturated carbocycles. The number of halogens is 2. The summed E-state index contributed by atoms with van der Waals surface area (Å²) < 4.78 is 2.62. The van der Waals surface area contributed by atoms with Crippen LogP contribution in [0, 0.1) is 20.2 Å². The summed E-state index contributed by atoms with van der Waals surface area (Å²) in [4.78, 5) is 33.2. The summed E-state index contributed by atoms with van der Waals surface area (Å²) >= 11 is 0. The summed E-state index contributed by atoms with van der Waals surface area (Å²) in [5.41, 5.74) is 0.794. The fourth-order valence-electron chi connectivity index (χ4n) is 2.30. The largest absolute Gasteiger partial charge is 2.00 e. The van der Waals surface area contributed by atoms with E-state index in [0.29, 0.717) is 23.0 Å². The van der Waals surface area contributed by atoms with Crippen LogP contribution in [-0.2, 0) is 30.9 Å². The standard InChI is InChI=1S/C13H11N7O4.2ClH.Co/c1-17-10(19(21)22)6-14-12(17)8-4-3-5-9(16-8)13-15-7-11(18(13)2)20(23)24;;;/h3-7H,1-2H3;2*1H;/q;;;+2/p-2. The second-order valence-electron chi connectivity index (χ2n) is 4.92. The van der Waals surface area contributed by atoms with Gasteiger partial charge in [-0.05, 0) is 22.0 Å². The molecular formula is C13H11Cl2CoN7O4. The minimum Gasteiger partial charge on any atom is -1.00 e. The third kappa shape index (κ3) is 4.42. The van der Waals surface area contributed by atoms with Crippen LogP contribution in [0.1, 0.15) is 0 Å². The van der Waals surface area contributed by atoms with Gasteiger partial charge in [0.1, 0.15) is 23.8 Å². The molecule has 145 valence electrons. The molecule has 0 bridgehead atoms. The maximum atomic E-state index is 10.9. The molecular weight excluding hydrogens is 448 g/mol. The van der Waals surface area contributed by atoms with E-state index in [0.717, 1.165) is 12.4 Å². The van der Waals surface area contributed by atoms with E-state index in [1.807, 2.05) is 0 Å². The molecule has 1 radical (unpaired) electrons. The molecule has 3 rings (SSSR count). The van der Waals surface area contributed by atoms with E-state index in [2.05, 4.69) is 15.0 Å². The van der Waals surface area contributed by atoms with E-state index in [9.17, 15) is 20.2 Å². The van der Waals surface area contributed by atoms with Gasteiger partial charge in [-0.1, -0.05) is 6.07 Å². The Morgan fingerprint density at radius 2 is 1.22 bits per heavy atom. The van der Waals surface area contributed by atoms with Crippen LogP contribution in [0.25, 0.3) is 23.0 Å². The minimum atomic E-state index is -0.539. The van der Waals surface area contributed by atoms with Gasteiger partial charge in [-0.25, -0.2) is 24.1 Å². The molecule has 0 spiro atoms. The normalized spacial score (nSPS) is 9.56. The first-order chi connectivity index (χ1) is 11.4. The first-order valence-corrected chi connectivity index (χ1v) is 6.70. The van der Waals surface area contributed by atoms with Gasteiger partial charge in [-0.15, -0.1) is 0 Å². The van der Waals surface area contributed by atoms with Crippen molar-refractivity contribution in [1.82, 2.24) is 24.1 Å². The molecule has 27 heavy (non-hydrogen) atoms. The molecule has 14 heteroatoms. The van der Waals surface area contributed by atoms with Gasteiger partial charge < -0.3 is 45.0 Å². The molecule has 3 heterocycles. The summed E-state index contributed by atoms with van der Waals surface area (Å²) in [6, 6.07) is 4.97. The average molecular weight is 459 g/mol. The summed E-state index contributed by atoms with van der Waals surface area (Å²) in [6.45, 7) is 0. The van der Waals surface area contributed by atoms with Gasteiger partial charge in [0.15, 0.2) is 0 Å². The Kier molecular flexibility index (Phi) is 8.52. The molecule has 0 fully saturated rings. The van der Waals surface area contributed by atoms with E-state index < -0.39 is 9.85 Å². The van der Waals surface area contributed by atoms with Crippen LogP contribution in [0.2, 0.25) is 0 Å². The number of aromatic nitrogens is 5. The molecule has 0 amide bonds. The van der Waals surface area contributed by atoms with Gasteiger partial charge in [0.25, 0.3) is 0 Å². The molecule has 0 saturated heterocycles. The van der Waals surface area contributed by atoms with Crippen molar-refractivity contribution in [2.45, 2.75) is 0 Å². The maximum Gasteiger partial charge on any atom is 2.00 e. The Bertz CT molecular complexity index is 902. The van der Waals surface area contributed by atoms with Crippen molar-refractivity contribution in [2.24, 2.45) is 14.1 Å². The zero-order valence-corrected chi connectivity index (χ0v) is 16.3. The first-order valence-electron chi connectivity index (χ1n) is 6.70. The minimum absolute atomic E-state index is 0. The van der Waals surface area contributed by atoms with Crippen molar-refractivity contribution in [3.05, 3.63) is 50.8 Å². The van der Waals surface area contributed by atoms with E-state index in [1.165, 1.54) is 23.2 Å². The Balaban J connectivity index is 0.00000225. The third-order valence-electron chi connectivity index (χ3n) is 3.51. The quantitative estimate of drug-likeness (QED) is 0.285. The van der Waals surface area contributed by atoms with Crippen molar-refractivity contribution in [1.29, 1.82) is 0 Å². The zero-order valence-electron chi connectivity index (χ0n) is 13.7. The van der Waals surface area contributed by atoms with Gasteiger partial charge in [-0.3, -0.25) is 0 Å². The number of nitro groups is 2. The number of hydrogen-bond donors (Lipinski definition) is 0. The maximum absolute atomic E-state index is 10.9. The average Bonchev–Trinajstić information content (AvgIpc) is 3.10. The SMILES string of the molecule is Cn1c([N+](=O)[O-])cnc1-c1cccc(-c2ncc([N+](=O)[O-])n2C)n1.[Cl-].[Cl-].[Co+2]. The van der Waals surface area contributed by atoms with E-state index >= 15 is 0 Å². The third-order valence-corrected chi connectivity index (χ3v) is 3.51. The number of nitrogens with zero attached hydrogens (tertiary/aromatic N) is 7. The molecule has 0 unspecified atom stereocenters. The summed E-state index contributed by atoms with van der Waals surface area (Å²) in [5, 5.41) is 21.8. The second-order valence-corrected chi connectivity index (χ2v) is 4.92. The number of imidazole rings is 2. The molecule has 0 aromatic carbocycles. The van der Waals surface area contributed by atoms with Gasteiger partial charge in [0, 0.05) is 0 Å². The van der Waals surface area contributed by atoms with Crippen LogP contribution >= 0.6 is 0 Å². The summed E-state index contributed by atoms with van der Waals surface area (Å²) in [7, 11) is 3.03. The molecule has 0 aliphatic carbocycles. The van der Waals surface area contributed by atoms with E-state index in [-0.39, 0.29) is 53.2 Å². The topological polar surface area (TPSA) is 135 Å². The van der Waals surface area contributed by atoms with Crippen molar-refractivity contribution >= 4 is 11.6 Å². The number of pyridine rings is 1. The van der Waals surface area contributed by atoms with E-state index in [4.69, 9.17) is 0 Å². The summed E-state index contributed by atoms with van der Waals surface area (Å²) in [6.07, 6.45) is 2.30. The monoisotopic (exact) mass is 458 g/mol. The fraction of sp³-hybridized carbons (Fsp3) is 0.154. The summed E-state index contributed by atoms with van der Waals surface area (Å²) in [5.74, 6) is 0.300. The van der Waals surface area contributed by atoms with Crippen LogP contribution < -0.4 is 24.8 Å². The Labute approximate surface area is 175 Å². The van der Waals surface area contributed by atoms with Crippen molar-refractivity contribution < 1.29 is 51.4 Å². The zero-order chi connectivity index (χ0) is 17.4.